The standard InChI is InChI=1S/C38H21N5/c39-22-25-19-29(26-15-17-42-18-16-26)21-30(20-25)43-37-33(31-9-3-1-7-27(31)23-40)11-5-13-35(37)36-14-6-12-34(38(36)43)32-10-4-2-8-28(32)24-41/h1-21H. The zero-order valence-corrected chi connectivity index (χ0v) is 22.9. The molecule has 43 heavy (non-hydrogen) atoms. The molecule has 198 valence electrons. The summed E-state index contributed by atoms with van der Waals surface area (Å²) in [5.41, 5.74) is 9.57. The number of fused-ring (bicyclic) bond motifs is 3. The van der Waals surface area contributed by atoms with Crippen LogP contribution in [0, 0.1) is 34.0 Å². The van der Waals surface area contributed by atoms with Gasteiger partial charge in [0.25, 0.3) is 0 Å². The van der Waals surface area contributed by atoms with Crippen LogP contribution in [0.2, 0.25) is 0 Å². The van der Waals surface area contributed by atoms with Crippen LogP contribution in [0.4, 0.5) is 0 Å². The fourth-order valence-corrected chi connectivity index (χ4v) is 5.96. The summed E-state index contributed by atoms with van der Waals surface area (Å²) in [7, 11) is 0. The maximum Gasteiger partial charge on any atom is 0.0998 e. The second kappa shape index (κ2) is 10.5. The normalized spacial score (nSPS) is 10.7. The second-order valence-corrected chi connectivity index (χ2v) is 10.2. The molecule has 0 bridgehead atoms. The summed E-state index contributed by atoms with van der Waals surface area (Å²) in [4.78, 5) is 4.17. The summed E-state index contributed by atoms with van der Waals surface area (Å²) in [5, 5.41) is 32.2. The minimum absolute atomic E-state index is 0.518. The number of benzene rings is 5. The number of aromatic nitrogens is 2. The molecule has 0 saturated carbocycles. The third kappa shape index (κ3) is 4.20. The predicted octanol–water partition coefficient (Wildman–Crippen LogP) is 8.79. The van der Waals surface area contributed by atoms with Crippen LogP contribution < -0.4 is 0 Å². The molecule has 5 aromatic carbocycles. The molecule has 0 aliphatic rings. The van der Waals surface area contributed by atoms with Crippen molar-refractivity contribution in [2.24, 2.45) is 0 Å². The average molecular weight is 548 g/mol. The fourth-order valence-electron chi connectivity index (χ4n) is 5.96. The number of nitriles is 3. The molecule has 0 saturated heterocycles. The average Bonchev–Trinajstić information content (AvgIpc) is 3.43. The highest BCUT2D eigenvalue weighted by atomic mass is 15.0. The van der Waals surface area contributed by atoms with Gasteiger partial charge in [0.1, 0.15) is 0 Å². The minimum atomic E-state index is 0.518. The first-order valence-electron chi connectivity index (χ1n) is 13.7. The number of hydrogen-bond acceptors (Lipinski definition) is 4. The van der Waals surface area contributed by atoms with Crippen molar-refractivity contribution < 1.29 is 0 Å². The summed E-state index contributed by atoms with van der Waals surface area (Å²) in [6.45, 7) is 0. The molecule has 2 aromatic heterocycles. The maximum atomic E-state index is 10.1. The van der Waals surface area contributed by atoms with Crippen LogP contribution in [0.1, 0.15) is 16.7 Å². The first-order chi connectivity index (χ1) is 21.2. The van der Waals surface area contributed by atoms with E-state index in [0.29, 0.717) is 16.7 Å². The highest BCUT2D eigenvalue weighted by Crippen LogP contribution is 2.43. The Hall–Kier alpha value is -6.48. The van der Waals surface area contributed by atoms with Gasteiger partial charge in [-0.1, -0.05) is 72.8 Å². The van der Waals surface area contributed by atoms with Crippen molar-refractivity contribution in [2.45, 2.75) is 0 Å². The Morgan fingerprint density at radius 2 is 1.02 bits per heavy atom. The molecule has 0 N–H and O–H groups in total. The van der Waals surface area contributed by atoms with E-state index in [1.54, 1.807) is 12.4 Å². The van der Waals surface area contributed by atoms with E-state index < -0.39 is 0 Å². The molecule has 7 aromatic rings. The molecule has 0 atom stereocenters. The molecule has 0 aliphatic heterocycles. The predicted molar refractivity (Wildman–Crippen MR) is 169 cm³/mol. The molecule has 0 radical (unpaired) electrons. The molecule has 0 unspecified atom stereocenters. The summed E-state index contributed by atoms with van der Waals surface area (Å²) < 4.78 is 2.18. The molecule has 0 fully saturated rings. The van der Waals surface area contributed by atoms with Crippen LogP contribution in [-0.2, 0) is 0 Å². The largest absolute Gasteiger partial charge is 0.308 e. The van der Waals surface area contributed by atoms with Gasteiger partial charge in [-0.2, -0.15) is 15.8 Å². The monoisotopic (exact) mass is 547 g/mol. The van der Waals surface area contributed by atoms with Gasteiger partial charge in [0, 0.05) is 51.1 Å². The smallest absolute Gasteiger partial charge is 0.0998 e. The van der Waals surface area contributed by atoms with Gasteiger partial charge in [0.05, 0.1) is 45.9 Å². The van der Waals surface area contributed by atoms with Gasteiger partial charge >= 0.3 is 0 Å². The molecule has 2 heterocycles. The van der Waals surface area contributed by atoms with E-state index >= 15 is 0 Å². The summed E-state index contributed by atoms with van der Waals surface area (Å²) in [5.74, 6) is 0. The second-order valence-electron chi connectivity index (χ2n) is 10.2. The van der Waals surface area contributed by atoms with E-state index in [-0.39, 0.29) is 0 Å². The van der Waals surface area contributed by atoms with Crippen molar-refractivity contribution in [3.63, 3.8) is 0 Å². The Bertz CT molecular complexity index is 2210. The number of nitrogens with zero attached hydrogens (tertiary/aromatic N) is 5. The Balaban J connectivity index is 1.69. The van der Waals surface area contributed by atoms with Crippen LogP contribution in [0.15, 0.2) is 128 Å². The highest BCUT2D eigenvalue weighted by Gasteiger charge is 2.22. The minimum Gasteiger partial charge on any atom is -0.308 e. The van der Waals surface area contributed by atoms with Gasteiger partial charge in [0.15, 0.2) is 0 Å². The van der Waals surface area contributed by atoms with Crippen molar-refractivity contribution in [3.8, 4) is 57.3 Å². The first-order valence-corrected chi connectivity index (χ1v) is 13.7. The molecular weight excluding hydrogens is 526 g/mol. The van der Waals surface area contributed by atoms with E-state index in [9.17, 15) is 15.8 Å². The number of hydrogen-bond donors (Lipinski definition) is 0. The molecule has 0 spiro atoms. The molecule has 0 amide bonds. The van der Waals surface area contributed by atoms with Gasteiger partial charge in [-0.15, -0.1) is 0 Å². The summed E-state index contributed by atoms with van der Waals surface area (Å²) >= 11 is 0. The lowest BCUT2D eigenvalue weighted by Gasteiger charge is -2.16. The summed E-state index contributed by atoms with van der Waals surface area (Å²) in [6.07, 6.45) is 3.48. The molecule has 7 rings (SSSR count). The van der Waals surface area contributed by atoms with Crippen LogP contribution in [0.3, 0.4) is 0 Å². The Morgan fingerprint density at radius 3 is 1.56 bits per heavy atom. The third-order valence-electron chi connectivity index (χ3n) is 7.80. The topological polar surface area (TPSA) is 89.2 Å². The van der Waals surface area contributed by atoms with E-state index in [0.717, 1.165) is 60.9 Å². The Labute approximate surface area is 248 Å². The van der Waals surface area contributed by atoms with Gasteiger partial charge in [-0.3, -0.25) is 4.98 Å². The first kappa shape index (κ1) is 25.5. The van der Waals surface area contributed by atoms with E-state index in [2.05, 4.69) is 46.0 Å². The number of rotatable bonds is 4. The van der Waals surface area contributed by atoms with Gasteiger partial charge in [-0.25, -0.2) is 0 Å². The lowest BCUT2D eigenvalue weighted by molar-refractivity contribution is 1.18. The van der Waals surface area contributed by atoms with Crippen LogP contribution in [0.5, 0.6) is 0 Å². The SMILES string of the molecule is N#Cc1cc(-c2ccncc2)cc(-n2c3c(-c4ccccc4C#N)cccc3c3cccc(-c4ccccc4C#N)c32)c1. The zero-order chi connectivity index (χ0) is 29.3. The van der Waals surface area contributed by atoms with Crippen molar-refractivity contribution in [3.05, 3.63) is 144 Å². The lowest BCUT2D eigenvalue weighted by Crippen LogP contribution is -1.99. The Kier molecular flexibility index (Phi) is 6.22. The van der Waals surface area contributed by atoms with Crippen LogP contribution in [-0.4, -0.2) is 9.55 Å². The van der Waals surface area contributed by atoms with E-state index in [4.69, 9.17) is 0 Å². The molecule has 0 aliphatic carbocycles. The number of para-hydroxylation sites is 2. The summed E-state index contributed by atoms with van der Waals surface area (Å²) in [6, 6.07) is 44.2. The fraction of sp³-hybridized carbons (Fsp3) is 0. The molecule has 5 nitrogen and oxygen atoms in total. The Morgan fingerprint density at radius 1 is 0.488 bits per heavy atom. The lowest BCUT2D eigenvalue weighted by atomic mass is 9.96. The van der Waals surface area contributed by atoms with Crippen LogP contribution in [0.25, 0.3) is 60.9 Å². The zero-order valence-electron chi connectivity index (χ0n) is 22.9. The third-order valence-corrected chi connectivity index (χ3v) is 7.80. The van der Waals surface area contributed by atoms with Gasteiger partial charge < -0.3 is 4.57 Å². The van der Waals surface area contributed by atoms with E-state index in [1.807, 2.05) is 97.1 Å². The van der Waals surface area contributed by atoms with E-state index in [1.165, 1.54) is 0 Å². The molecule has 5 heteroatoms. The highest BCUT2D eigenvalue weighted by molar-refractivity contribution is 6.17. The van der Waals surface area contributed by atoms with Crippen molar-refractivity contribution in [2.75, 3.05) is 0 Å². The quantitative estimate of drug-likeness (QED) is 0.220. The van der Waals surface area contributed by atoms with Crippen molar-refractivity contribution in [1.82, 2.24) is 9.55 Å². The molecular formula is C38H21N5. The van der Waals surface area contributed by atoms with Crippen molar-refractivity contribution in [1.29, 1.82) is 15.8 Å². The number of pyridine rings is 1. The van der Waals surface area contributed by atoms with Gasteiger partial charge in [-0.05, 0) is 53.6 Å². The van der Waals surface area contributed by atoms with Crippen LogP contribution >= 0.6 is 0 Å². The van der Waals surface area contributed by atoms with Crippen molar-refractivity contribution >= 4 is 21.8 Å². The maximum absolute atomic E-state index is 10.1. The van der Waals surface area contributed by atoms with Gasteiger partial charge in [0.2, 0.25) is 0 Å².